The highest BCUT2D eigenvalue weighted by molar-refractivity contribution is 7.92. The van der Waals surface area contributed by atoms with E-state index in [1.165, 1.54) is 31.2 Å². The number of carbonyl (C=O) groups is 1. The van der Waals surface area contributed by atoms with Gasteiger partial charge in [0, 0.05) is 13.0 Å². The van der Waals surface area contributed by atoms with Gasteiger partial charge in [0.2, 0.25) is 5.91 Å². The van der Waals surface area contributed by atoms with Gasteiger partial charge < -0.3 is 9.73 Å². The lowest BCUT2D eigenvalue weighted by molar-refractivity contribution is -0.114. The molecule has 0 unspecified atom stereocenters. The molecule has 3 aromatic rings. The molecule has 124 valence electrons. The number of hydrogen-bond donors (Lipinski definition) is 3. The number of benzene rings is 2. The third-order valence-corrected chi connectivity index (χ3v) is 4.55. The third-order valence-electron chi connectivity index (χ3n) is 3.18. The number of carbonyl (C=O) groups excluding carboxylic acids is 1. The molecule has 0 spiro atoms. The highest BCUT2D eigenvalue weighted by atomic mass is 32.2. The lowest BCUT2D eigenvalue weighted by atomic mass is 10.3. The van der Waals surface area contributed by atoms with Gasteiger partial charge in [0.05, 0.1) is 21.8 Å². The molecule has 1 aromatic heterocycles. The molecule has 24 heavy (non-hydrogen) atoms. The molecule has 9 heteroatoms. The van der Waals surface area contributed by atoms with E-state index in [9.17, 15) is 18.0 Å². The lowest BCUT2D eigenvalue weighted by Crippen LogP contribution is -2.15. The standard InChI is InChI=1S/C15H13N3O5S/c1-9(19)16-11-4-2-3-5-12(11)18-24(21,22)10-6-7-13-14(8-10)23-15(20)17-13/h2-8,18H,1H3,(H,16,19)(H,17,20). The minimum atomic E-state index is -3.93. The number of nitrogens with one attached hydrogen (secondary N) is 3. The molecule has 2 aromatic carbocycles. The van der Waals surface area contributed by atoms with Crippen molar-refractivity contribution in [3.05, 3.63) is 53.0 Å². The van der Waals surface area contributed by atoms with Crippen molar-refractivity contribution >= 4 is 38.4 Å². The van der Waals surface area contributed by atoms with Crippen molar-refractivity contribution in [2.45, 2.75) is 11.8 Å². The summed E-state index contributed by atoms with van der Waals surface area (Å²) in [6.45, 7) is 1.33. The van der Waals surface area contributed by atoms with E-state index in [1.807, 2.05) is 0 Å². The Balaban J connectivity index is 1.98. The number of fused-ring (bicyclic) bond motifs is 1. The number of aromatic nitrogens is 1. The van der Waals surface area contributed by atoms with E-state index in [4.69, 9.17) is 4.42 Å². The van der Waals surface area contributed by atoms with Crippen LogP contribution in [0.3, 0.4) is 0 Å². The summed E-state index contributed by atoms with van der Waals surface area (Å²) in [5, 5.41) is 2.55. The fourth-order valence-corrected chi connectivity index (χ4v) is 3.26. The fourth-order valence-electron chi connectivity index (χ4n) is 2.17. The van der Waals surface area contributed by atoms with Gasteiger partial charge in [-0.05, 0) is 24.3 Å². The lowest BCUT2D eigenvalue weighted by Gasteiger charge is -2.12. The Morgan fingerprint density at radius 3 is 2.54 bits per heavy atom. The molecule has 1 heterocycles. The van der Waals surface area contributed by atoms with Gasteiger partial charge in [-0.15, -0.1) is 0 Å². The summed E-state index contributed by atoms with van der Waals surface area (Å²) in [4.78, 5) is 24.7. The maximum Gasteiger partial charge on any atom is 0.417 e. The van der Waals surface area contributed by atoms with Crippen LogP contribution < -0.4 is 15.8 Å². The van der Waals surface area contributed by atoms with Crippen LogP contribution >= 0.6 is 0 Å². The number of sulfonamides is 1. The molecule has 0 saturated heterocycles. The van der Waals surface area contributed by atoms with Crippen molar-refractivity contribution in [3.63, 3.8) is 0 Å². The zero-order chi connectivity index (χ0) is 17.3. The first-order chi connectivity index (χ1) is 11.3. The number of amides is 1. The number of H-pyrrole nitrogens is 1. The van der Waals surface area contributed by atoms with Crippen LogP contribution in [0.15, 0.2) is 56.6 Å². The second-order valence-electron chi connectivity index (χ2n) is 5.00. The van der Waals surface area contributed by atoms with Gasteiger partial charge >= 0.3 is 5.76 Å². The first kappa shape index (κ1) is 15.8. The second kappa shape index (κ2) is 5.85. The van der Waals surface area contributed by atoms with Gasteiger partial charge in [0.15, 0.2) is 5.58 Å². The number of para-hydroxylation sites is 2. The third kappa shape index (κ3) is 3.15. The van der Waals surface area contributed by atoms with Crippen LogP contribution in [0.25, 0.3) is 11.1 Å². The Morgan fingerprint density at radius 2 is 1.83 bits per heavy atom. The molecule has 0 atom stereocenters. The van der Waals surface area contributed by atoms with Crippen molar-refractivity contribution in [2.75, 3.05) is 10.0 Å². The highest BCUT2D eigenvalue weighted by Crippen LogP contribution is 2.25. The second-order valence-corrected chi connectivity index (χ2v) is 6.69. The van der Waals surface area contributed by atoms with Gasteiger partial charge in [-0.25, -0.2) is 13.2 Å². The summed E-state index contributed by atoms with van der Waals surface area (Å²) in [5.74, 6) is -0.985. The van der Waals surface area contributed by atoms with Gasteiger partial charge in [-0.1, -0.05) is 12.1 Å². The summed E-state index contributed by atoms with van der Waals surface area (Å²) < 4.78 is 32.3. The van der Waals surface area contributed by atoms with Gasteiger partial charge in [-0.2, -0.15) is 0 Å². The summed E-state index contributed by atoms with van der Waals surface area (Å²) >= 11 is 0. The van der Waals surface area contributed by atoms with Crippen LogP contribution in [0.4, 0.5) is 11.4 Å². The molecule has 0 fully saturated rings. The van der Waals surface area contributed by atoms with E-state index in [0.717, 1.165) is 0 Å². The largest absolute Gasteiger partial charge is 0.417 e. The Bertz CT molecular complexity index is 1080. The van der Waals surface area contributed by atoms with Crippen LogP contribution in [0.5, 0.6) is 0 Å². The first-order valence-corrected chi connectivity index (χ1v) is 8.36. The highest BCUT2D eigenvalue weighted by Gasteiger charge is 2.18. The van der Waals surface area contributed by atoms with Crippen molar-refractivity contribution in [1.82, 2.24) is 4.98 Å². The van der Waals surface area contributed by atoms with E-state index < -0.39 is 15.8 Å². The van der Waals surface area contributed by atoms with Crippen molar-refractivity contribution in [2.24, 2.45) is 0 Å². The summed E-state index contributed by atoms with van der Waals surface area (Å²) in [6.07, 6.45) is 0. The van der Waals surface area contributed by atoms with Gasteiger partial charge in [0.25, 0.3) is 10.0 Å². The average Bonchev–Trinajstić information content (AvgIpc) is 2.87. The Kier molecular flexibility index (Phi) is 3.86. The zero-order valence-electron chi connectivity index (χ0n) is 12.5. The van der Waals surface area contributed by atoms with E-state index in [0.29, 0.717) is 11.2 Å². The average molecular weight is 347 g/mol. The molecule has 0 bridgehead atoms. The number of hydrogen-bond acceptors (Lipinski definition) is 5. The molecule has 3 N–H and O–H groups in total. The number of rotatable bonds is 4. The van der Waals surface area contributed by atoms with Crippen LogP contribution in [0, 0.1) is 0 Å². The molecule has 0 aliphatic rings. The molecule has 0 aliphatic carbocycles. The summed E-state index contributed by atoms with van der Waals surface area (Å²) in [7, 11) is -3.93. The van der Waals surface area contributed by atoms with Crippen LogP contribution in [0.2, 0.25) is 0 Å². The Hall–Kier alpha value is -3.07. The van der Waals surface area contributed by atoms with Crippen molar-refractivity contribution < 1.29 is 17.6 Å². The molecular formula is C15H13N3O5S. The Morgan fingerprint density at radius 1 is 1.12 bits per heavy atom. The first-order valence-electron chi connectivity index (χ1n) is 6.87. The van der Waals surface area contributed by atoms with Gasteiger partial charge in [0.1, 0.15) is 0 Å². The molecule has 8 nitrogen and oxygen atoms in total. The number of aromatic amines is 1. The van der Waals surface area contributed by atoms with E-state index >= 15 is 0 Å². The predicted molar refractivity (Wildman–Crippen MR) is 88.4 cm³/mol. The van der Waals surface area contributed by atoms with Gasteiger partial charge in [-0.3, -0.25) is 14.5 Å². The van der Waals surface area contributed by atoms with Crippen molar-refractivity contribution in [3.8, 4) is 0 Å². The minimum Gasteiger partial charge on any atom is -0.408 e. The zero-order valence-corrected chi connectivity index (χ0v) is 13.3. The summed E-state index contributed by atoms with van der Waals surface area (Å²) in [6, 6.07) is 10.4. The predicted octanol–water partition coefficient (Wildman–Crippen LogP) is 1.88. The maximum atomic E-state index is 12.5. The van der Waals surface area contributed by atoms with Crippen LogP contribution in [-0.2, 0) is 14.8 Å². The molecule has 0 radical (unpaired) electrons. The molecule has 1 amide bonds. The molecule has 0 saturated carbocycles. The van der Waals surface area contributed by atoms with E-state index in [1.54, 1.807) is 18.2 Å². The van der Waals surface area contributed by atoms with Crippen LogP contribution in [0.1, 0.15) is 6.92 Å². The van der Waals surface area contributed by atoms with Crippen molar-refractivity contribution in [1.29, 1.82) is 0 Å². The SMILES string of the molecule is CC(=O)Nc1ccccc1NS(=O)(=O)c1ccc2[nH]c(=O)oc2c1. The smallest absolute Gasteiger partial charge is 0.408 e. The quantitative estimate of drug-likeness (QED) is 0.665. The monoisotopic (exact) mass is 347 g/mol. The van der Waals surface area contributed by atoms with Crippen LogP contribution in [-0.4, -0.2) is 19.3 Å². The molecule has 0 aliphatic heterocycles. The summed E-state index contributed by atoms with van der Waals surface area (Å²) in [5.41, 5.74) is 1.10. The molecule has 3 rings (SSSR count). The normalized spacial score (nSPS) is 11.4. The number of anilines is 2. The topological polar surface area (TPSA) is 121 Å². The number of oxazole rings is 1. The fraction of sp³-hybridized carbons (Fsp3) is 0.0667. The van der Waals surface area contributed by atoms with E-state index in [-0.39, 0.29) is 22.1 Å². The minimum absolute atomic E-state index is 0.0737. The van der Waals surface area contributed by atoms with E-state index in [2.05, 4.69) is 15.0 Å². The molecular weight excluding hydrogens is 334 g/mol. The Labute approximate surface area is 136 Å². The maximum absolute atomic E-state index is 12.5.